The van der Waals surface area contributed by atoms with Gasteiger partial charge < -0.3 is 0 Å². The van der Waals surface area contributed by atoms with Crippen molar-refractivity contribution in [1.82, 2.24) is 5.43 Å². The van der Waals surface area contributed by atoms with Gasteiger partial charge >= 0.3 is 0 Å². The zero-order valence-electron chi connectivity index (χ0n) is 5.89. The van der Waals surface area contributed by atoms with Crippen molar-refractivity contribution in [2.45, 2.75) is 19.3 Å². The number of hydrogen-bond acceptors (Lipinski definition) is 2. The molecule has 0 radical (unpaired) electrons. The summed E-state index contributed by atoms with van der Waals surface area (Å²) >= 11 is 0. The number of rotatable bonds is 2. The lowest BCUT2D eigenvalue weighted by Crippen LogP contribution is -2.45. The van der Waals surface area contributed by atoms with Gasteiger partial charge in [-0.15, -0.1) is 0 Å². The Kier molecular flexibility index (Phi) is 2.38. The van der Waals surface area contributed by atoms with Crippen LogP contribution in [0.4, 0.5) is 8.78 Å². The topological polar surface area (TPSA) is 55.1 Å². The van der Waals surface area contributed by atoms with Gasteiger partial charge in [0.05, 0.1) is 0 Å². The highest BCUT2D eigenvalue weighted by atomic mass is 19.3. The van der Waals surface area contributed by atoms with Crippen LogP contribution in [0, 0.1) is 11.8 Å². The molecule has 1 saturated carbocycles. The minimum Gasteiger partial charge on any atom is -0.294 e. The van der Waals surface area contributed by atoms with E-state index >= 15 is 0 Å². The third kappa shape index (κ3) is 1.48. The molecule has 0 aromatic heterocycles. The number of nitrogens with two attached hydrogens (primary N) is 1. The summed E-state index contributed by atoms with van der Waals surface area (Å²) in [5, 5.41) is 0. The molecule has 1 amide bonds. The van der Waals surface area contributed by atoms with Crippen LogP contribution in [-0.4, -0.2) is 12.3 Å². The van der Waals surface area contributed by atoms with Crippen LogP contribution < -0.4 is 11.3 Å². The maximum atomic E-state index is 12.0. The van der Waals surface area contributed by atoms with E-state index in [9.17, 15) is 13.6 Å². The van der Waals surface area contributed by atoms with Crippen LogP contribution in [0.2, 0.25) is 0 Å². The summed E-state index contributed by atoms with van der Waals surface area (Å²) in [7, 11) is 0. The average Bonchev–Trinajstić information content (AvgIpc) is 1.83. The minimum atomic E-state index is -2.40. The maximum Gasteiger partial charge on any atom is 0.242 e. The van der Waals surface area contributed by atoms with E-state index < -0.39 is 24.2 Å². The number of amides is 1. The molecule has 1 aliphatic rings. The van der Waals surface area contributed by atoms with Crippen molar-refractivity contribution < 1.29 is 13.6 Å². The van der Waals surface area contributed by atoms with Crippen LogP contribution >= 0.6 is 0 Å². The Bertz CT molecular complexity index is 163. The number of alkyl halides is 2. The van der Waals surface area contributed by atoms with Gasteiger partial charge in [0.15, 0.2) is 0 Å². The van der Waals surface area contributed by atoms with Gasteiger partial charge in [-0.3, -0.25) is 10.2 Å². The number of carbonyl (C=O) groups is 1. The van der Waals surface area contributed by atoms with E-state index in [0.29, 0.717) is 12.8 Å². The molecule has 0 saturated heterocycles. The fraction of sp³-hybridized carbons (Fsp3) is 0.833. The van der Waals surface area contributed by atoms with Crippen molar-refractivity contribution in [1.29, 1.82) is 0 Å². The number of hydrazine groups is 1. The molecule has 1 aliphatic carbocycles. The second kappa shape index (κ2) is 3.13. The first kappa shape index (κ1) is 8.39. The van der Waals surface area contributed by atoms with Gasteiger partial charge in [-0.1, -0.05) is 0 Å². The fourth-order valence-corrected chi connectivity index (χ4v) is 1.26. The predicted octanol–water partition coefficient (Wildman–Crippen LogP) is 0.268. The van der Waals surface area contributed by atoms with Gasteiger partial charge in [0.2, 0.25) is 12.3 Å². The Labute approximate surface area is 62.9 Å². The van der Waals surface area contributed by atoms with Gasteiger partial charge in [0.1, 0.15) is 0 Å². The van der Waals surface area contributed by atoms with Crippen LogP contribution in [0.15, 0.2) is 0 Å². The summed E-state index contributed by atoms with van der Waals surface area (Å²) < 4.78 is 24.0. The van der Waals surface area contributed by atoms with Crippen LogP contribution in [0.25, 0.3) is 0 Å². The lowest BCUT2D eigenvalue weighted by Gasteiger charge is -2.33. The summed E-state index contributed by atoms with van der Waals surface area (Å²) in [6, 6.07) is 0. The summed E-state index contributed by atoms with van der Waals surface area (Å²) in [5.41, 5.74) is 1.88. The van der Waals surface area contributed by atoms with Gasteiger partial charge in [0.25, 0.3) is 0 Å². The van der Waals surface area contributed by atoms with E-state index in [0.717, 1.165) is 0 Å². The van der Waals surface area contributed by atoms with Crippen molar-refractivity contribution in [3.05, 3.63) is 0 Å². The summed E-state index contributed by atoms with van der Waals surface area (Å²) in [6.07, 6.45) is -1.45. The van der Waals surface area contributed by atoms with E-state index in [1.54, 1.807) is 0 Å². The van der Waals surface area contributed by atoms with Gasteiger partial charge in [-0.25, -0.2) is 14.6 Å². The molecule has 5 heteroatoms. The SMILES string of the molecule is NNC(=O)[C@@H]1CC[C@H]1C(F)F. The first-order valence-electron chi connectivity index (χ1n) is 3.45. The molecule has 0 aromatic rings. The summed E-state index contributed by atoms with van der Waals surface area (Å²) in [6.45, 7) is 0. The van der Waals surface area contributed by atoms with Crippen molar-refractivity contribution >= 4 is 5.91 Å². The van der Waals surface area contributed by atoms with Crippen molar-refractivity contribution in [3.8, 4) is 0 Å². The Morgan fingerprint density at radius 1 is 1.55 bits per heavy atom. The quantitative estimate of drug-likeness (QED) is 0.349. The molecule has 0 bridgehead atoms. The van der Waals surface area contributed by atoms with Gasteiger partial charge in [-0.05, 0) is 12.8 Å². The monoisotopic (exact) mass is 164 g/mol. The fourth-order valence-electron chi connectivity index (χ4n) is 1.26. The molecule has 0 heterocycles. The smallest absolute Gasteiger partial charge is 0.242 e. The molecule has 64 valence electrons. The lowest BCUT2D eigenvalue weighted by molar-refractivity contribution is -0.135. The molecular weight excluding hydrogens is 154 g/mol. The normalized spacial score (nSPS) is 29.8. The van der Waals surface area contributed by atoms with E-state index in [-0.39, 0.29) is 0 Å². The van der Waals surface area contributed by atoms with Crippen molar-refractivity contribution in [3.63, 3.8) is 0 Å². The van der Waals surface area contributed by atoms with E-state index in [1.807, 2.05) is 5.43 Å². The van der Waals surface area contributed by atoms with Gasteiger partial charge in [0, 0.05) is 11.8 Å². The number of halogens is 2. The third-order valence-corrected chi connectivity index (χ3v) is 2.13. The maximum absolute atomic E-state index is 12.0. The first-order chi connectivity index (χ1) is 5.16. The van der Waals surface area contributed by atoms with Crippen LogP contribution in [0.3, 0.4) is 0 Å². The number of hydrogen-bond donors (Lipinski definition) is 2. The molecule has 3 nitrogen and oxygen atoms in total. The van der Waals surface area contributed by atoms with Gasteiger partial charge in [-0.2, -0.15) is 0 Å². The molecule has 1 fully saturated rings. The summed E-state index contributed by atoms with van der Waals surface area (Å²) in [4.78, 5) is 10.7. The Balaban J connectivity index is 2.43. The van der Waals surface area contributed by atoms with Crippen LogP contribution in [-0.2, 0) is 4.79 Å². The second-order valence-electron chi connectivity index (χ2n) is 2.69. The van der Waals surface area contributed by atoms with E-state index in [2.05, 4.69) is 0 Å². The Morgan fingerprint density at radius 2 is 2.18 bits per heavy atom. The standard InChI is InChI=1S/C6H10F2N2O/c7-5(8)3-1-2-4(3)6(11)10-9/h3-5H,1-2,9H2,(H,10,11)/t3-,4-/m1/s1. The Hall–Kier alpha value is -0.710. The minimum absolute atomic E-state index is 0.426. The number of carbonyl (C=O) groups excluding carboxylic acids is 1. The molecular formula is C6H10F2N2O. The Morgan fingerprint density at radius 3 is 2.45 bits per heavy atom. The first-order valence-corrected chi connectivity index (χ1v) is 3.45. The van der Waals surface area contributed by atoms with E-state index in [1.165, 1.54) is 0 Å². The highest BCUT2D eigenvalue weighted by Gasteiger charge is 2.41. The number of nitrogens with one attached hydrogen (secondary N) is 1. The average molecular weight is 164 g/mol. The molecule has 0 unspecified atom stereocenters. The molecule has 1 rings (SSSR count). The zero-order chi connectivity index (χ0) is 8.43. The van der Waals surface area contributed by atoms with Crippen LogP contribution in [0.5, 0.6) is 0 Å². The molecule has 2 atom stereocenters. The predicted molar refractivity (Wildman–Crippen MR) is 34.5 cm³/mol. The summed E-state index contributed by atoms with van der Waals surface area (Å²) in [5.74, 6) is 2.98. The van der Waals surface area contributed by atoms with Crippen molar-refractivity contribution in [2.24, 2.45) is 17.7 Å². The van der Waals surface area contributed by atoms with Crippen molar-refractivity contribution in [2.75, 3.05) is 0 Å². The van der Waals surface area contributed by atoms with Crippen LogP contribution in [0.1, 0.15) is 12.8 Å². The molecule has 0 aromatic carbocycles. The van der Waals surface area contributed by atoms with E-state index in [4.69, 9.17) is 5.84 Å². The highest BCUT2D eigenvalue weighted by molar-refractivity contribution is 5.79. The highest BCUT2D eigenvalue weighted by Crippen LogP contribution is 2.38. The molecule has 0 aliphatic heterocycles. The molecule has 3 N–H and O–H groups in total. The third-order valence-electron chi connectivity index (χ3n) is 2.13. The second-order valence-corrected chi connectivity index (χ2v) is 2.69. The lowest BCUT2D eigenvalue weighted by atomic mass is 9.73. The molecule has 11 heavy (non-hydrogen) atoms. The largest absolute Gasteiger partial charge is 0.294 e. The zero-order valence-corrected chi connectivity index (χ0v) is 5.89. The molecule has 0 spiro atoms.